The molecule has 0 bridgehead atoms. The van der Waals surface area contributed by atoms with Crippen LogP contribution in [-0.2, 0) is 28.5 Å². The normalized spacial score (nSPS) is 13.2. The van der Waals surface area contributed by atoms with Crippen LogP contribution in [0.2, 0.25) is 0 Å². The minimum atomic E-state index is -0.248. The Balaban J connectivity index is 0. The Morgan fingerprint density at radius 1 is 0.970 bits per heavy atom. The Morgan fingerprint density at radius 3 is 1.94 bits per heavy atom. The predicted octanol–water partition coefficient (Wildman–Crippen LogP) is 3.15. The van der Waals surface area contributed by atoms with Gasteiger partial charge in [-0.3, -0.25) is 4.79 Å². The molecular formula is C23H46N2O7S. The fraction of sp³-hybridized carbons (Fsp3) is 0.870. The first kappa shape index (κ1) is 33.8. The van der Waals surface area contributed by atoms with Crippen molar-refractivity contribution in [1.29, 1.82) is 0 Å². The van der Waals surface area contributed by atoms with Crippen LogP contribution in [0.5, 0.6) is 0 Å². The largest absolute Gasteiger partial charge is 0.447 e. The summed E-state index contributed by atoms with van der Waals surface area (Å²) < 4.78 is 21.4. The standard InChI is InChI=1S/C19H36N2O6S.C2H4O.C2H6/c1-3-4-18(22)20-7-10-24-11-12-25-13-14-26-15-16-27-19(23)21-8-5-17(28-2)6-9-21;1-2-3;1-2/h17H,3-16H2,1-2H3,(H,20,22);2H,1H3;1-2H3. The number of likely N-dealkylation sites (tertiary alicyclic amines) is 1. The molecule has 1 saturated heterocycles. The van der Waals surface area contributed by atoms with Gasteiger partial charge in [-0.1, -0.05) is 20.8 Å². The monoisotopic (exact) mass is 494 g/mol. The third kappa shape index (κ3) is 22.2. The van der Waals surface area contributed by atoms with Gasteiger partial charge in [0.2, 0.25) is 5.91 Å². The van der Waals surface area contributed by atoms with E-state index in [0.717, 1.165) is 38.6 Å². The maximum Gasteiger partial charge on any atom is 0.409 e. The van der Waals surface area contributed by atoms with Gasteiger partial charge in [0.05, 0.1) is 39.6 Å². The molecule has 0 unspecified atom stereocenters. The average molecular weight is 495 g/mol. The highest BCUT2D eigenvalue weighted by Gasteiger charge is 2.22. The fourth-order valence-corrected chi connectivity index (χ4v) is 3.36. The van der Waals surface area contributed by atoms with E-state index in [2.05, 4.69) is 11.6 Å². The van der Waals surface area contributed by atoms with Gasteiger partial charge in [-0.05, 0) is 32.4 Å². The number of nitrogens with one attached hydrogen (secondary N) is 1. The summed E-state index contributed by atoms with van der Waals surface area (Å²) in [6, 6.07) is 0. The molecular weight excluding hydrogens is 448 g/mol. The number of carbonyl (C=O) groups is 3. The SMILES string of the molecule is CC.CC=O.CCCC(=O)NCCOCCOCCOCCOC(=O)N1CCC(SC)CC1. The third-order valence-electron chi connectivity index (χ3n) is 4.28. The number of thioether (sulfide) groups is 1. The number of aldehydes is 1. The number of hydrogen-bond acceptors (Lipinski definition) is 8. The van der Waals surface area contributed by atoms with Crippen LogP contribution < -0.4 is 5.32 Å². The van der Waals surface area contributed by atoms with Crippen LogP contribution in [-0.4, -0.2) is 101 Å². The Hall–Kier alpha value is -1.36. The van der Waals surface area contributed by atoms with E-state index in [0.29, 0.717) is 57.9 Å². The highest BCUT2D eigenvalue weighted by atomic mass is 32.2. The van der Waals surface area contributed by atoms with Gasteiger partial charge in [0.15, 0.2) is 0 Å². The quantitative estimate of drug-likeness (QED) is 0.274. The van der Waals surface area contributed by atoms with Crippen LogP contribution in [0, 0.1) is 0 Å². The minimum absolute atomic E-state index is 0.0605. The van der Waals surface area contributed by atoms with E-state index in [1.807, 2.05) is 32.5 Å². The van der Waals surface area contributed by atoms with Crippen LogP contribution in [0.25, 0.3) is 0 Å². The van der Waals surface area contributed by atoms with Gasteiger partial charge in [-0.2, -0.15) is 11.8 Å². The summed E-state index contributed by atoms with van der Waals surface area (Å²) in [7, 11) is 0. The number of piperidine rings is 1. The van der Waals surface area contributed by atoms with Gasteiger partial charge in [0.1, 0.15) is 12.9 Å². The number of carbonyl (C=O) groups excluding carboxylic acids is 3. The van der Waals surface area contributed by atoms with Crippen molar-refractivity contribution in [1.82, 2.24) is 10.2 Å². The lowest BCUT2D eigenvalue weighted by molar-refractivity contribution is -0.121. The first-order valence-corrected chi connectivity index (χ1v) is 13.2. The van der Waals surface area contributed by atoms with Gasteiger partial charge < -0.3 is 34.0 Å². The van der Waals surface area contributed by atoms with Crippen molar-refractivity contribution in [3.8, 4) is 0 Å². The van der Waals surface area contributed by atoms with Gasteiger partial charge in [0, 0.05) is 31.3 Å². The summed E-state index contributed by atoms with van der Waals surface area (Å²) in [6.45, 7) is 12.5. The molecule has 0 aromatic heterocycles. The van der Waals surface area contributed by atoms with E-state index in [1.54, 1.807) is 4.90 Å². The number of hydrogen-bond donors (Lipinski definition) is 1. The van der Waals surface area contributed by atoms with E-state index >= 15 is 0 Å². The average Bonchev–Trinajstić information content (AvgIpc) is 2.84. The van der Waals surface area contributed by atoms with E-state index in [1.165, 1.54) is 6.92 Å². The van der Waals surface area contributed by atoms with Crippen molar-refractivity contribution >= 4 is 30.0 Å². The van der Waals surface area contributed by atoms with Gasteiger partial charge in [0.25, 0.3) is 0 Å². The zero-order valence-electron chi connectivity index (χ0n) is 21.3. The summed E-state index contributed by atoms with van der Waals surface area (Å²) in [6.07, 6.45) is 6.08. The van der Waals surface area contributed by atoms with Crippen molar-refractivity contribution in [3.05, 3.63) is 0 Å². The lowest BCUT2D eigenvalue weighted by Gasteiger charge is -2.30. The number of nitrogens with zero attached hydrogens (tertiary/aromatic N) is 1. The number of amides is 2. The Bertz CT molecular complexity index is 462. The second-order valence-electron chi connectivity index (χ2n) is 6.71. The molecule has 1 N–H and O–H groups in total. The molecule has 0 atom stereocenters. The molecule has 1 rings (SSSR count). The zero-order valence-corrected chi connectivity index (χ0v) is 22.1. The molecule has 33 heavy (non-hydrogen) atoms. The van der Waals surface area contributed by atoms with Crippen LogP contribution in [0.1, 0.15) is 53.4 Å². The van der Waals surface area contributed by atoms with Crippen LogP contribution in [0.4, 0.5) is 4.79 Å². The summed E-state index contributed by atoms with van der Waals surface area (Å²) in [4.78, 5) is 33.7. The van der Waals surface area contributed by atoms with Crippen molar-refractivity contribution in [3.63, 3.8) is 0 Å². The maximum atomic E-state index is 11.9. The molecule has 196 valence electrons. The highest BCUT2D eigenvalue weighted by molar-refractivity contribution is 7.99. The van der Waals surface area contributed by atoms with E-state index in [-0.39, 0.29) is 18.6 Å². The lowest BCUT2D eigenvalue weighted by Crippen LogP contribution is -2.39. The van der Waals surface area contributed by atoms with Crippen LogP contribution in [0.3, 0.4) is 0 Å². The third-order valence-corrected chi connectivity index (χ3v) is 5.41. The molecule has 2 amide bonds. The molecule has 9 nitrogen and oxygen atoms in total. The molecule has 0 aromatic carbocycles. The molecule has 1 aliphatic rings. The molecule has 0 aromatic rings. The molecule has 1 fully saturated rings. The number of ether oxygens (including phenoxy) is 4. The smallest absolute Gasteiger partial charge is 0.409 e. The van der Waals surface area contributed by atoms with Crippen molar-refractivity contribution in [2.75, 3.05) is 72.1 Å². The summed E-state index contributed by atoms with van der Waals surface area (Å²) in [5, 5.41) is 3.44. The molecule has 0 spiro atoms. The Morgan fingerprint density at radius 2 is 1.45 bits per heavy atom. The number of rotatable bonds is 15. The molecule has 0 radical (unpaired) electrons. The maximum absolute atomic E-state index is 11.9. The Labute approximate surface area is 204 Å². The second-order valence-corrected chi connectivity index (χ2v) is 7.85. The first-order chi connectivity index (χ1) is 16.1. The highest BCUT2D eigenvalue weighted by Crippen LogP contribution is 2.21. The van der Waals surface area contributed by atoms with Crippen LogP contribution in [0.15, 0.2) is 0 Å². The molecule has 10 heteroatoms. The van der Waals surface area contributed by atoms with Crippen molar-refractivity contribution in [2.45, 2.75) is 58.6 Å². The van der Waals surface area contributed by atoms with Crippen LogP contribution >= 0.6 is 11.8 Å². The van der Waals surface area contributed by atoms with E-state index in [4.69, 9.17) is 23.7 Å². The summed E-state index contributed by atoms with van der Waals surface area (Å²) in [5.74, 6) is 0.0605. The zero-order chi connectivity index (χ0) is 25.2. The molecule has 1 heterocycles. The predicted molar refractivity (Wildman–Crippen MR) is 133 cm³/mol. The van der Waals surface area contributed by atoms with Crippen molar-refractivity contribution < 1.29 is 33.3 Å². The van der Waals surface area contributed by atoms with Gasteiger partial charge >= 0.3 is 6.09 Å². The second kappa shape index (κ2) is 26.9. The molecule has 0 saturated carbocycles. The minimum Gasteiger partial charge on any atom is -0.447 e. The van der Waals surface area contributed by atoms with Gasteiger partial charge in [-0.15, -0.1) is 0 Å². The van der Waals surface area contributed by atoms with E-state index < -0.39 is 0 Å². The lowest BCUT2D eigenvalue weighted by atomic mass is 10.1. The summed E-state index contributed by atoms with van der Waals surface area (Å²) in [5.41, 5.74) is 0. The fourth-order valence-electron chi connectivity index (χ4n) is 2.67. The Kier molecular flexibility index (Phi) is 27.5. The van der Waals surface area contributed by atoms with E-state index in [9.17, 15) is 9.59 Å². The molecule has 0 aliphatic carbocycles. The van der Waals surface area contributed by atoms with Gasteiger partial charge in [-0.25, -0.2) is 4.79 Å². The summed E-state index contributed by atoms with van der Waals surface area (Å²) >= 11 is 1.87. The van der Waals surface area contributed by atoms with Crippen molar-refractivity contribution in [2.24, 2.45) is 0 Å². The first-order valence-electron chi connectivity index (χ1n) is 11.9. The molecule has 1 aliphatic heterocycles. The topological polar surface area (TPSA) is 103 Å².